The fourth-order valence-electron chi connectivity index (χ4n) is 3.39. The average molecular weight is 483 g/mol. The Kier molecular flexibility index (Phi) is 8.31. The number of carbonyl (C=O) groups is 1. The Balaban J connectivity index is 1.78. The Morgan fingerprint density at radius 1 is 0.824 bits per heavy atom. The number of amides is 1. The zero-order valence-electron chi connectivity index (χ0n) is 19.9. The Hall–Kier alpha value is -3.36. The number of aryl methyl sites for hydroxylation is 2. The van der Waals surface area contributed by atoms with Crippen LogP contribution in [-0.4, -0.2) is 39.4 Å². The van der Waals surface area contributed by atoms with Gasteiger partial charge < -0.3 is 14.8 Å². The molecule has 0 saturated heterocycles. The van der Waals surface area contributed by atoms with E-state index < -0.39 is 15.9 Å². The molecule has 0 fully saturated rings. The monoisotopic (exact) mass is 482 g/mol. The van der Waals surface area contributed by atoms with Crippen LogP contribution >= 0.6 is 0 Å². The molecule has 7 nitrogen and oxygen atoms in total. The second-order valence-corrected chi connectivity index (χ2v) is 9.98. The number of rotatable bonds is 10. The van der Waals surface area contributed by atoms with E-state index in [4.69, 9.17) is 9.47 Å². The summed E-state index contributed by atoms with van der Waals surface area (Å²) in [5.41, 5.74) is 3.63. The summed E-state index contributed by atoms with van der Waals surface area (Å²) in [7, 11) is -0.795. The van der Waals surface area contributed by atoms with Crippen LogP contribution in [0.3, 0.4) is 0 Å². The third-order valence-electron chi connectivity index (χ3n) is 5.40. The minimum atomic E-state index is -3.89. The number of ether oxygens (including phenoxy) is 2. The topological polar surface area (TPSA) is 84.9 Å². The molecular formula is C26H30N2O5S. The molecule has 1 N–H and O–H groups in total. The molecule has 0 bridgehead atoms. The van der Waals surface area contributed by atoms with Gasteiger partial charge in [0.05, 0.1) is 25.7 Å². The fraction of sp³-hybridized carbons (Fsp3) is 0.269. The first kappa shape index (κ1) is 25.3. The van der Waals surface area contributed by atoms with E-state index in [2.05, 4.69) is 5.32 Å². The number of hydrogen-bond acceptors (Lipinski definition) is 5. The van der Waals surface area contributed by atoms with Crippen molar-refractivity contribution in [2.45, 2.75) is 31.8 Å². The molecule has 1 amide bonds. The summed E-state index contributed by atoms with van der Waals surface area (Å²) in [6.45, 7) is 3.86. The highest BCUT2D eigenvalue weighted by Crippen LogP contribution is 2.27. The first-order valence-corrected chi connectivity index (χ1v) is 12.3. The second kappa shape index (κ2) is 11.2. The van der Waals surface area contributed by atoms with Gasteiger partial charge >= 0.3 is 0 Å². The minimum absolute atomic E-state index is 0.0836. The minimum Gasteiger partial charge on any atom is -0.493 e. The quantitative estimate of drug-likeness (QED) is 0.475. The maximum Gasteiger partial charge on any atom is 0.243 e. The van der Waals surface area contributed by atoms with Gasteiger partial charge in [0.2, 0.25) is 15.9 Å². The van der Waals surface area contributed by atoms with E-state index >= 15 is 0 Å². The van der Waals surface area contributed by atoms with Crippen LogP contribution < -0.4 is 14.8 Å². The van der Waals surface area contributed by atoms with Crippen LogP contribution in [-0.2, 0) is 27.9 Å². The van der Waals surface area contributed by atoms with E-state index in [1.54, 1.807) is 50.6 Å². The summed E-state index contributed by atoms with van der Waals surface area (Å²) < 4.78 is 38.5. The second-order valence-electron chi connectivity index (χ2n) is 8.04. The van der Waals surface area contributed by atoms with Crippen LogP contribution in [0.25, 0.3) is 0 Å². The lowest BCUT2D eigenvalue weighted by molar-refractivity contribution is -0.121. The Morgan fingerprint density at radius 3 is 1.97 bits per heavy atom. The van der Waals surface area contributed by atoms with Gasteiger partial charge in [0, 0.05) is 13.1 Å². The summed E-state index contributed by atoms with van der Waals surface area (Å²) in [4.78, 5) is 13.0. The average Bonchev–Trinajstić information content (AvgIpc) is 2.83. The fourth-order valence-corrected chi connectivity index (χ4v) is 4.77. The molecule has 0 saturated carbocycles. The van der Waals surface area contributed by atoms with E-state index in [-0.39, 0.29) is 24.5 Å². The van der Waals surface area contributed by atoms with Gasteiger partial charge in [-0.15, -0.1) is 0 Å². The van der Waals surface area contributed by atoms with E-state index in [1.165, 1.54) is 4.31 Å². The molecule has 0 aromatic heterocycles. The van der Waals surface area contributed by atoms with Crippen LogP contribution in [0.4, 0.5) is 0 Å². The van der Waals surface area contributed by atoms with Crippen LogP contribution in [0.15, 0.2) is 71.6 Å². The van der Waals surface area contributed by atoms with Gasteiger partial charge in [-0.1, -0.05) is 53.6 Å². The van der Waals surface area contributed by atoms with Crippen LogP contribution in [0.5, 0.6) is 11.5 Å². The van der Waals surface area contributed by atoms with Crippen molar-refractivity contribution >= 4 is 15.9 Å². The smallest absolute Gasteiger partial charge is 0.243 e. The van der Waals surface area contributed by atoms with Crippen molar-refractivity contribution in [3.63, 3.8) is 0 Å². The van der Waals surface area contributed by atoms with Gasteiger partial charge in [-0.3, -0.25) is 4.79 Å². The highest BCUT2D eigenvalue weighted by atomic mass is 32.2. The zero-order chi connectivity index (χ0) is 24.7. The predicted octanol–water partition coefficient (Wildman–Crippen LogP) is 3.83. The van der Waals surface area contributed by atoms with Gasteiger partial charge in [-0.05, 0) is 49.2 Å². The van der Waals surface area contributed by atoms with Crippen molar-refractivity contribution in [1.82, 2.24) is 9.62 Å². The van der Waals surface area contributed by atoms with E-state index in [0.717, 1.165) is 22.3 Å². The maximum atomic E-state index is 13.4. The van der Waals surface area contributed by atoms with E-state index in [9.17, 15) is 13.2 Å². The molecule has 0 atom stereocenters. The van der Waals surface area contributed by atoms with Crippen molar-refractivity contribution in [3.05, 3.63) is 89.0 Å². The maximum absolute atomic E-state index is 13.4. The first-order chi connectivity index (χ1) is 16.2. The van der Waals surface area contributed by atoms with Gasteiger partial charge in [-0.2, -0.15) is 4.31 Å². The molecule has 180 valence electrons. The molecular weight excluding hydrogens is 452 g/mol. The lowest BCUT2D eigenvalue weighted by atomic mass is 10.1. The standard InChI is InChI=1S/C26H30N2O5S/c1-19-5-9-21(10-6-19)17-28(34(30,31)23-12-7-20(2)8-13-23)18-26(29)27-16-22-11-14-24(32-3)25(15-22)33-4/h5-15H,16-18H2,1-4H3,(H,27,29). The van der Waals surface area contributed by atoms with E-state index in [1.807, 2.05) is 44.2 Å². The zero-order valence-corrected chi connectivity index (χ0v) is 20.7. The molecule has 3 rings (SSSR count). The number of nitrogens with zero attached hydrogens (tertiary/aromatic N) is 1. The van der Waals surface area contributed by atoms with E-state index in [0.29, 0.717) is 11.5 Å². The first-order valence-electron chi connectivity index (χ1n) is 10.8. The van der Waals surface area contributed by atoms with Gasteiger partial charge in [0.15, 0.2) is 11.5 Å². The summed E-state index contributed by atoms with van der Waals surface area (Å²) in [5.74, 6) is 0.737. The molecule has 0 unspecified atom stereocenters. The number of methoxy groups -OCH3 is 2. The highest BCUT2D eigenvalue weighted by Gasteiger charge is 2.27. The highest BCUT2D eigenvalue weighted by molar-refractivity contribution is 7.89. The lowest BCUT2D eigenvalue weighted by Crippen LogP contribution is -2.40. The lowest BCUT2D eigenvalue weighted by Gasteiger charge is -2.22. The predicted molar refractivity (Wildman–Crippen MR) is 131 cm³/mol. The molecule has 0 spiro atoms. The molecule has 0 radical (unpaired) electrons. The molecule has 0 heterocycles. The number of carbonyl (C=O) groups excluding carboxylic acids is 1. The van der Waals surface area contributed by atoms with Gasteiger partial charge in [0.1, 0.15) is 0 Å². The molecule has 0 aliphatic carbocycles. The SMILES string of the molecule is COc1ccc(CNC(=O)CN(Cc2ccc(C)cc2)S(=O)(=O)c2ccc(C)cc2)cc1OC. The van der Waals surface area contributed by atoms with Crippen LogP contribution in [0, 0.1) is 13.8 Å². The molecule has 3 aromatic rings. The van der Waals surface area contributed by atoms with Crippen LogP contribution in [0.2, 0.25) is 0 Å². The summed E-state index contributed by atoms with van der Waals surface area (Å²) in [6.07, 6.45) is 0. The summed E-state index contributed by atoms with van der Waals surface area (Å²) >= 11 is 0. The van der Waals surface area contributed by atoms with Gasteiger partial charge in [0.25, 0.3) is 0 Å². The van der Waals surface area contributed by atoms with Crippen molar-refractivity contribution in [1.29, 1.82) is 0 Å². The largest absolute Gasteiger partial charge is 0.493 e. The van der Waals surface area contributed by atoms with Crippen molar-refractivity contribution in [3.8, 4) is 11.5 Å². The number of sulfonamides is 1. The van der Waals surface area contributed by atoms with Crippen molar-refractivity contribution in [2.24, 2.45) is 0 Å². The number of benzene rings is 3. The summed E-state index contributed by atoms with van der Waals surface area (Å²) in [5, 5.41) is 2.80. The third kappa shape index (κ3) is 6.36. The van der Waals surface area contributed by atoms with Crippen molar-refractivity contribution in [2.75, 3.05) is 20.8 Å². The third-order valence-corrected chi connectivity index (χ3v) is 7.20. The number of hydrogen-bond donors (Lipinski definition) is 1. The number of nitrogens with one attached hydrogen (secondary N) is 1. The van der Waals surface area contributed by atoms with Crippen LogP contribution in [0.1, 0.15) is 22.3 Å². The molecule has 8 heteroatoms. The normalized spacial score (nSPS) is 11.3. The Morgan fingerprint density at radius 2 is 1.38 bits per heavy atom. The molecule has 3 aromatic carbocycles. The molecule has 34 heavy (non-hydrogen) atoms. The van der Waals surface area contributed by atoms with Gasteiger partial charge in [-0.25, -0.2) is 8.42 Å². The Labute approximate surface area is 201 Å². The summed E-state index contributed by atoms with van der Waals surface area (Å²) in [6, 6.07) is 19.5. The Bertz CT molecular complexity index is 1220. The molecule has 0 aliphatic rings. The van der Waals surface area contributed by atoms with Crippen molar-refractivity contribution < 1.29 is 22.7 Å². The molecule has 0 aliphatic heterocycles.